The van der Waals surface area contributed by atoms with Gasteiger partial charge in [0.2, 0.25) is 0 Å². The van der Waals surface area contributed by atoms with Gasteiger partial charge in [-0.25, -0.2) is 0 Å². The Morgan fingerprint density at radius 1 is 0.349 bits per heavy atom. The monoisotopic (exact) mass is 551 g/mol. The summed E-state index contributed by atoms with van der Waals surface area (Å²) in [7, 11) is 0. The molecule has 0 aliphatic rings. The average molecular weight is 552 g/mol. The van der Waals surface area contributed by atoms with Crippen LogP contribution in [0.2, 0.25) is 0 Å². The van der Waals surface area contributed by atoms with Crippen LogP contribution in [0.3, 0.4) is 0 Å². The number of para-hydroxylation sites is 3. The molecular formula is C40H25NO2. The molecule has 7 aromatic carbocycles. The summed E-state index contributed by atoms with van der Waals surface area (Å²) in [5.41, 5.74) is 9.21. The lowest BCUT2D eigenvalue weighted by Gasteiger charge is -2.25. The van der Waals surface area contributed by atoms with Gasteiger partial charge >= 0.3 is 0 Å². The molecule has 0 saturated carbocycles. The minimum Gasteiger partial charge on any atom is -0.456 e. The van der Waals surface area contributed by atoms with E-state index in [2.05, 4.69) is 126 Å². The third-order valence-electron chi connectivity index (χ3n) is 8.45. The molecule has 0 unspecified atom stereocenters. The third-order valence-corrected chi connectivity index (χ3v) is 8.45. The molecule has 0 radical (unpaired) electrons. The number of furan rings is 2. The van der Waals surface area contributed by atoms with Gasteiger partial charge in [-0.15, -0.1) is 0 Å². The largest absolute Gasteiger partial charge is 0.456 e. The fourth-order valence-electron chi connectivity index (χ4n) is 6.41. The maximum Gasteiger partial charge on any atom is 0.137 e. The minimum atomic E-state index is 0.881. The summed E-state index contributed by atoms with van der Waals surface area (Å²) in [5.74, 6) is 0. The van der Waals surface area contributed by atoms with Crippen LogP contribution in [0.15, 0.2) is 160 Å². The van der Waals surface area contributed by atoms with Gasteiger partial charge in [0, 0.05) is 44.7 Å². The highest BCUT2D eigenvalue weighted by molar-refractivity contribution is 6.19. The van der Waals surface area contributed by atoms with Gasteiger partial charge in [0.1, 0.15) is 22.3 Å². The highest BCUT2D eigenvalue weighted by Gasteiger charge is 2.16. The summed E-state index contributed by atoms with van der Waals surface area (Å²) in [5, 5.41) is 7.00. The van der Waals surface area contributed by atoms with Crippen LogP contribution in [0.4, 0.5) is 17.1 Å². The highest BCUT2D eigenvalue weighted by Crippen LogP contribution is 2.40. The number of benzene rings is 7. The van der Waals surface area contributed by atoms with Gasteiger partial charge in [0.25, 0.3) is 0 Å². The van der Waals surface area contributed by atoms with Crippen molar-refractivity contribution in [3.05, 3.63) is 152 Å². The van der Waals surface area contributed by atoms with Crippen molar-refractivity contribution in [2.45, 2.75) is 0 Å². The third kappa shape index (κ3) is 3.83. The van der Waals surface area contributed by atoms with Crippen molar-refractivity contribution < 1.29 is 8.83 Å². The first kappa shape index (κ1) is 23.9. The van der Waals surface area contributed by atoms with Gasteiger partial charge < -0.3 is 13.7 Å². The molecule has 2 aromatic heterocycles. The number of anilines is 3. The molecule has 0 aliphatic heterocycles. The molecule has 3 heteroatoms. The lowest BCUT2D eigenvalue weighted by atomic mass is 9.98. The minimum absolute atomic E-state index is 0.881. The molecule has 0 atom stereocenters. The zero-order valence-corrected chi connectivity index (χ0v) is 23.2. The van der Waals surface area contributed by atoms with Crippen LogP contribution in [0, 0.1) is 0 Å². The summed E-state index contributed by atoms with van der Waals surface area (Å²) in [6.45, 7) is 0. The first-order chi connectivity index (χ1) is 21.3. The molecule has 0 spiro atoms. The Hall–Kier alpha value is -5.80. The molecule has 202 valence electrons. The van der Waals surface area contributed by atoms with Crippen molar-refractivity contribution in [1.29, 1.82) is 0 Å². The highest BCUT2D eigenvalue weighted by atomic mass is 16.3. The van der Waals surface area contributed by atoms with E-state index in [0.29, 0.717) is 0 Å². The van der Waals surface area contributed by atoms with Crippen molar-refractivity contribution in [2.24, 2.45) is 0 Å². The standard InChI is InChI=1S/C40H25NO2/c1-2-8-29(9-3-1)41(31-20-22-34-33-10-4-6-12-36(33)43-39(34)25-31)30-18-14-26(15-19-30)27-16-21-32-28(24-27)17-23-38-40(32)35-11-5-7-13-37(35)42-38/h1-25H. The molecule has 9 aromatic rings. The van der Waals surface area contributed by atoms with E-state index in [0.717, 1.165) is 55.6 Å². The topological polar surface area (TPSA) is 29.5 Å². The van der Waals surface area contributed by atoms with Crippen molar-refractivity contribution in [3.63, 3.8) is 0 Å². The van der Waals surface area contributed by atoms with Crippen LogP contribution in [0.5, 0.6) is 0 Å². The smallest absolute Gasteiger partial charge is 0.137 e. The zero-order chi connectivity index (χ0) is 28.3. The molecular weight excluding hydrogens is 526 g/mol. The van der Waals surface area contributed by atoms with E-state index >= 15 is 0 Å². The van der Waals surface area contributed by atoms with Gasteiger partial charge in [-0.05, 0) is 82.6 Å². The van der Waals surface area contributed by atoms with Crippen LogP contribution in [-0.4, -0.2) is 0 Å². The summed E-state index contributed by atoms with van der Waals surface area (Å²) >= 11 is 0. The Balaban J connectivity index is 1.13. The first-order valence-electron chi connectivity index (χ1n) is 14.5. The number of nitrogens with zero attached hydrogens (tertiary/aromatic N) is 1. The first-order valence-corrected chi connectivity index (χ1v) is 14.5. The second kappa shape index (κ2) is 9.37. The summed E-state index contributed by atoms with van der Waals surface area (Å²) in [6, 6.07) is 53.2. The van der Waals surface area contributed by atoms with Gasteiger partial charge in [0.05, 0.1) is 0 Å². The van der Waals surface area contributed by atoms with E-state index in [1.54, 1.807) is 0 Å². The molecule has 0 amide bonds. The quantitative estimate of drug-likeness (QED) is 0.218. The van der Waals surface area contributed by atoms with Crippen LogP contribution >= 0.6 is 0 Å². The second-order valence-electron chi connectivity index (χ2n) is 11.0. The van der Waals surface area contributed by atoms with Crippen LogP contribution in [-0.2, 0) is 0 Å². The fraction of sp³-hybridized carbons (Fsp3) is 0. The molecule has 0 saturated heterocycles. The number of rotatable bonds is 4. The van der Waals surface area contributed by atoms with Crippen LogP contribution < -0.4 is 4.90 Å². The Morgan fingerprint density at radius 3 is 1.79 bits per heavy atom. The van der Waals surface area contributed by atoms with E-state index in [1.807, 2.05) is 30.3 Å². The molecule has 0 fully saturated rings. The van der Waals surface area contributed by atoms with E-state index in [1.165, 1.54) is 27.3 Å². The van der Waals surface area contributed by atoms with Crippen LogP contribution in [0.25, 0.3) is 65.8 Å². The molecule has 0 bridgehead atoms. The Kier molecular flexibility index (Phi) is 5.20. The predicted octanol–water partition coefficient (Wildman–Crippen LogP) is 11.8. The van der Waals surface area contributed by atoms with E-state index in [4.69, 9.17) is 8.83 Å². The van der Waals surface area contributed by atoms with Gasteiger partial charge in [-0.1, -0.05) is 84.9 Å². The molecule has 2 heterocycles. The van der Waals surface area contributed by atoms with E-state index < -0.39 is 0 Å². The van der Waals surface area contributed by atoms with E-state index in [-0.39, 0.29) is 0 Å². The lowest BCUT2D eigenvalue weighted by Crippen LogP contribution is -2.09. The molecule has 9 rings (SSSR count). The average Bonchev–Trinajstić information content (AvgIpc) is 3.64. The van der Waals surface area contributed by atoms with Crippen molar-refractivity contribution in [2.75, 3.05) is 4.90 Å². The lowest BCUT2D eigenvalue weighted by molar-refractivity contribution is 0.668. The fourth-order valence-corrected chi connectivity index (χ4v) is 6.41. The molecule has 0 aliphatic carbocycles. The summed E-state index contributed by atoms with van der Waals surface area (Å²) in [4.78, 5) is 2.28. The maximum absolute atomic E-state index is 6.24. The normalized spacial score (nSPS) is 11.7. The van der Waals surface area contributed by atoms with Gasteiger partial charge in [0.15, 0.2) is 0 Å². The van der Waals surface area contributed by atoms with Gasteiger partial charge in [-0.3, -0.25) is 0 Å². The van der Waals surface area contributed by atoms with Crippen LogP contribution in [0.1, 0.15) is 0 Å². The summed E-state index contributed by atoms with van der Waals surface area (Å²) < 4.78 is 12.4. The molecule has 43 heavy (non-hydrogen) atoms. The predicted molar refractivity (Wildman–Crippen MR) is 179 cm³/mol. The zero-order valence-electron chi connectivity index (χ0n) is 23.2. The Labute approximate surface area is 247 Å². The SMILES string of the molecule is c1ccc(N(c2ccc(-c3ccc4c(ccc5oc6ccccc6c54)c3)cc2)c2ccc3c(c2)oc2ccccc23)cc1. The van der Waals surface area contributed by atoms with Gasteiger partial charge in [-0.2, -0.15) is 0 Å². The maximum atomic E-state index is 6.24. The van der Waals surface area contributed by atoms with Crippen molar-refractivity contribution in [1.82, 2.24) is 0 Å². The molecule has 0 N–H and O–H groups in total. The Morgan fingerprint density at radius 2 is 0.953 bits per heavy atom. The number of hydrogen-bond acceptors (Lipinski definition) is 3. The van der Waals surface area contributed by atoms with E-state index in [9.17, 15) is 0 Å². The number of fused-ring (bicyclic) bond motifs is 8. The second-order valence-corrected chi connectivity index (χ2v) is 11.0. The van der Waals surface area contributed by atoms with Crippen molar-refractivity contribution >= 4 is 71.7 Å². The molecule has 3 nitrogen and oxygen atoms in total. The Bertz CT molecular complexity index is 2450. The summed E-state index contributed by atoms with van der Waals surface area (Å²) in [6.07, 6.45) is 0. The van der Waals surface area contributed by atoms with Crippen molar-refractivity contribution in [3.8, 4) is 11.1 Å². The number of hydrogen-bond donors (Lipinski definition) is 0.